The van der Waals surface area contributed by atoms with Crippen LogP contribution in [0.2, 0.25) is 0 Å². The SMILES string of the molecule is CC.CNCc1cc(OC(C)C(F)(F)F)ncn1.O=CNC1CCOc2ccc(F)cc21. The zero-order valence-electron chi connectivity index (χ0n) is 18.4. The van der Waals surface area contributed by atoms with E-state index in [9.17, 15) is 22.4 Å². The molecule has 1 aliphatic rings. The second-order valence-electron chi connectivity index (χ2n) is 6.34. The van der Waals surface area contributed by atoms with Crippen LogP contribution < -0.4 is 20.1 Å². The Kier molecular flexibility index (Phi) is 11.4. The molecule has 1 aromatic heterocycles. The Morgan fingerprint density at radius 2 is 2.00 bits per heavy atom. The Morgan fingerprint density at radius 3 is 2.62 bits per heavy atom. The summed E-state index contributed by atoms with van der Waals surface area (Å²) in [6.45, 7) is 5.92. The van der Waals surface area contributed by atoms with Crippen LogP contribution in [-0.2, 0) is 11.3 Å². The van der Waals surface area contributed by atoms with Crippen molar-refractivity contribution in [3.05, 3.63) is 47.7 Å². The minimum absolute atomic E-state index is 0.0786. The summed E-state index contributed by atoms with van der Waals surface area (Å²) in [5, 5.41) is 5.47. The van der Waals surface area contributed by atoms with Crippen molar-refractivity contribution in [2.45, 2.75) is 52.1 Å². The molecule has 2 atom stereocenters. The lowest BCUT2D eigenvalue weighted by atomic mass is 10.0. The number of carbonyl (C=O) groups excluding carboxylic acids is 1. The topological polar surface area (TPSA) is 85.4 Å². The molecule has 1 aromatic carbocycles. The Balaban J connectivity index is 0.000000299. The van der Waals surface area contributed by atoms with E-state index in [1.54, 1.807) is 13.1 Å². The van der Waals surface area contributed by atoms with Crippen molar-refractivity contribution < 1.29 is 31.8 Å². The van der Waals surface area contributed by atoms with Crippen molar-refractivity contribution in [1.29, 1.82) is 0 Å². The van der Waals surface area contributed by atoms with Crippen molar-refractivity contribution in [1.82, 2.24) is 20.6 Å². The van der Waals surface area contributed by atoms with E-state index >= 15 is 0 Å². The molecule has 2 heterocycles. The number of fused-ring (bicyclic) bond motifs is 1. The van der Waals surface area contributed by atoms with E-state index in [1.807, 2.05) is 13.8 Å². The highest BCUT2D eigenvalue weighted by molar-refractivity contribution is 5.49. The van der Waals surface area contributed by atoms with Crippen LogP contribution in [0.1, 0.15) is 44.5 Å². The molecule has 178 valence electrons. The number of nitrogens with one attached hydrogen (secondary N) is 2. The van der Waals surface area contributed by atoms with Gasteiger partial charge in [-0.2, -0.15) is 13.2 Å². The maximum atomic E-state index is 12.9. The van der Waals surface area contributed by atoms with Gasteiger partial charge in [0, 0.05) is 24.6 Å². The lowest BCUT2D eigenvalue weighted by molar-refractivity contribution is -0.190. The maximum Gasteiger partial charge on any atom is 0.425 e. The molecule has 0 saturated heterocycles. The van der Waals surface area contributed by atoms with Crippen molar-refractivity contribution in [3.63, 3.8) is 0 Å². The fraction of sp³-hybridized carbons (Fsp3) is 0.476. The normalized spacial score (nSPS) is 15.4. The first-order chi connectivity index (χ1) is 15.2. The molecule has 0 spiro atoms. The summed E-state index contributed by atoms with van der Waals surface area (Å²) >= 11 is 0. The highest BCUT2D eigenvalue weighted by Crippen LogP contribution is 2.32. The molecular weight excluding hydrogens is 432 g/mol. The lowest BCUT2D eigenvalue weighted by Crippen LogP contribution is -2.31. The van der Waals surface area contributed by atoms with E-state index in [0.29, 0.717) is 43.0 Å². The number of ether oxygens (including phenoxy) is 2. The molecule has 2 N–H and O–H groups in total. The van der Waals surface area contributed by atoms with Gasteiger partial charge in [-0.05, 0) is 32.2 Å². The summed E-state index contributed by atoms with van der Waals surface area (Å²) in [7, 11) is 1.71. The Bertz CT molecular complexity index is 837. The number of nitrogens with zero attached hydrogens (tertiary/aromatic N) is 2. The van der Waals surface area contributed by atoms with Crippen molar-refractivity contribution in [2.75, 3.05) is 13.7 Å². The monoisotopic (exact) mass is 460 g/mol. The minimum atomic E-state index is -4.39. The largest absolute Gasteiger partial charge is 0.493 e. The van der Waals surface area contributed by atoms with Crippen LogP contribution in [0.4, 0.5) is 17.6 Å². The van der Waals surface area contributed by atoms with Gasteiger partial charge in [0.1, 0.15) is 17.9 Å². The Hall–Kier alpha value is -2.95. The number of benzene rings is 1. The van der Waals surface area contributed by atoms with Crippen LogP contribution in [0.3, 0.4) is 0 Å². The van der Waals surface area contributed by atoms with E-state index < -0.39 is 12.3 Å². The first-order valence-electron chi connectivity index (χ1n) is 10.1. The summed E-state index contributed by atoms with van der Waals surface area (Å²) < 4.78 is 59.5. The van der Waals surface area contributed by atoms with Gasteiger partial charge in [-0.15, -0.1) is 0 Å². The zero-order valence-corrected chi connectivity index (χ0v) is 18.4. The highest BCUT2D eigenvalue weighted by Gasteiger charge is 2.38. The molecule has 32 heavy (non-hydrogen) atoms. The van der Waals surface area contributed by atoms with Crippen LogP contribution in [0.15, 0.2) is 30.6 Å². The van der Waals surface area contributed by atoms with Gasteiger partial charge in [-0.3, -0.25) is 4.79 Å². The molecule has 0 fully saturated rings. The van der Waals surface area contributed by atoms with Crippen molar-refractivity contribution in [3.8, 4) is 11.6 Å². The van der Waals surface area contributed by atoms with Crippen LogP contribution in [0.25, 0.3) is 0 Å². The summed E-state index contributed by atoms with van der Waals surface area (Å²) in [4.78, 5) is 17.8. The average Bonchev–Trinajstić information content (AvgIpc) is 2.76. The molecule has 0 aliphatic carbocycles. The molecule has 0 radical (unpaired) electrons. The molecule has 0 saturated carbocycles. The molecule has 11 heteroatoms. The molecule has 0 bridgehead atoms. The molecule has 1 aliphatic heterocycles. The first-order valence-corrected chi connectivity index (χ1v) is 10.1. The van der Waals surface area contributed by atoms with Crippen LogP contribution in [0, 0.1) is 5.82 Å². The number of hydrogen-bond donors (Lipinski definition) is 2. The first kappa shape index (κ1) is 27.1. The van der Waals surface area contributed by atoms with Crippen LogP contribution in [-0.4, -0.2) is 42.3 Å². The predicted molar refractivity (Wildman–Crippen MR) is 111 cm³/mol. The number of halogens is 4. The third kappa shape index (κ3) is 8.66. The van der Waals surface area contributed by atoms with Gasteiger partial charge >= 0.3 is 6.18 Å². The van der Waals surface area contributed by atoms with E-state index in [1.165, 1.54) is 24.5 Å². The molecule has 2 unspecified atom stereocenters. The fourth-order valence-corrected chi connectivity index (χ4v) is 2.59. The van der Waals surface area contributed by atoms with Gasteiger partial charge in [0.2, 0.25) is 12.3 Å². The van der Waals surface area contributed by atoms with E-state index in [0.717, 1.165) is 6.92 Å². The molecule has 3 rings (SSSR count). The van der Waals surface area contributed by atoms with Crippen molar-refractivity contribution in [2.24, 2.45) is 0 Å². The number of hydrogen-bond acceptors (Lipinski definition) is 6. The van der Waals surface area contributed by atoms with Crippen LogP contribution in [0.5, 0.6) is 11.6 Å². The summed E-state index contributed by atoms with van der Waals surface area (Å²) in [5.41, 5.74) is 1.28. The summed E-state index contributed by atoms with van der Waals surface area (Å²) in [6.07, 6.45) is -3.80. The standard InChI is InChI=1S/C10H10FNO2.C9H12F3N3O.C2H6/c11-7-1-2-10-8(5-7)9(12-6-13)3-4-14-10;1-6(9(10,11)12)16-8-3-7(4-13-2)14-5-15-8;1-2/h1-2,5-6,9H,3-4H2,(H,12,13);3,5-6,13H,4H2,1-2H3;1-2H3. The molecule has 7 nitrogen and oxygen atoms in total. The molecule has 2 aromatic rings. The average molecular weight is 460 g/mol. The zero-order chi connectivity index (χ0) is 24.1. The highest BCUT2D eigenvalue weighted by atomic mass is 19.4. The fourth-order valence-electron chi connectivity index (χ4n) is 2.59. The van der Waals surface area contributed by atoms with Crippen molar-refractivity contribution >= 4 is 6.41 Å². The minimum Gasteiger partial charge on any atom is -0.493 e. The third-order valence-electron chi connectivity index (χ3n) is 4.10. The van der Waals surface area contributed by atoms with Gasteiger partial charge in [0.15, 0.2) is 6.10 Å². The van der Waals surface area contributed by atoms with Gasteiger partial charge in [0.05, 0.1) is 18.3 Å². The smallest absolute Gasteiger partial charge is 0.425 e. The number of rotatable bonds is 6. The molecular formula is C21H28F4N4O3. The maximum absolute atomic E-state index is 12.9. The second-order valence-corrected chi connectivity index (χ2v) is 6.34. The lowest BCUT2D eigenvalue weighted by Gasteiger charge is -2.25. The van der Waals surface area contributed by atoms with E-state index in [4.69, 9.17) is 4.74 Å². The summed E-state index contributed by atoms with van der Waals surface area (Å²) in [6, 6.07) is 5.58. The predicted octanol–water partition coefficient (Wildman–Crippen LogP) is 3.95. The Morgan fingerprint density at radius 1 is 1.28 bits per heavy atom. The second kappa shape index (κ2) is 13.5. The van der Waals surface area contributed by atoms with E-state index in [2.05, 4.69) is 25.3 Å². The van der Waals surface area contributed by atoms with Crippen LogP contribution >= 0.6 is 0 Å². The Labute approximate surface area is 184 Å². The van der Waals surface area contributed by atoms with Gasteiger partial charge in [0.25, 0.3) is 0 Å². The third-order valence-corrected chi connectivity index (χ3v) is 4.10. The number of alkyl halides is 3. The van der Waals surface area contributed by atoms with Gasteiger partial charge in [-0.1, -0.05) is 13.8 Å². The van der Waals surface area contributed by atoms with Gasteiger partial charge < -0.3 is 20.1 Å². The summed E-state index contributed by atoms with van der Waals surface area (Å²) in [5.74, 6) is 0.258. The number of carbonyl (C=O) groups is 1. The quantitative estimate of drug-likeness (QED) is 0.502. The number of aromatic nitrogens is 2. The van der Waals surface area contributed by atoms with E-state index in [-0.39, 0.29) is 17.7 Å². The van der Waals surface area contributed by atoms with Gasteiger partial charge in [-0.25, -0.2) is 14.4 Å². The number of amides is 1. The molecule has 1 amide bonds.